The van der Waals surface area contributed by atoms with Crippen LogP contribution in [0.1, 0.15) is 85.6 Å². The zero-order valence-corrected chi connectivity index (χ0v) is 21.9. The number of aliphatic hydroxyl groups excluding tert-OH is 1. The first-order chi connectivity index (χ1) is 18.2. The molecule has 1 aliphatic carbocycles. The number of likely N-dealkylation sites (N-methyl/N-ethyl adjacent to an activating group) is 1. The Labute approximate surface area is 220 Å². The average Bonchev–Trinajstić information content (AvgIpc) is 3.70. The summed E-state index contributed by atoms with van der Waals surface area (Å²) in [5.74, 6) is -0.719. The molecule has 2 N–H and O–H groups in total. The first-order valence-corrected chi connectivity index (χ1v) is 13.3. The van der Waals surface area contributed by atoms with Gasteiger partial charge >= 0.3 is 6.18 Å². The zero-order valence-electron chi connectivity index (χ0n) is 21.9. The molecule has 3 aliphatic rings. The van der Waals surface area contributed by atoms with E-state index < -0.39 is 29.6 Å². The third-order valence-corrected chi connectivity index (χ3v) is 7.35. The highest BCUT2D eigenvalue weighted by atomic mass is 19.4. The lowest BCUT2D eigenvalue weighted by molar-refractivity contribution is -0.137. The molecule has 1 aromatic heterocycles. The fourth-order valence-corrected chi connectivity index (χ4v) is 5.47. The van der Waals surface area contributed by atoms with Gasteiger partial charge in [0.05, 0.1) is 23.9 Å². The Morgan fingerprint density at radius 3 is 2.45 bits per heavy atom. The van der Waals surface area contributed by atoms with Crippen LogP contribution in [0.3, 0.4) is 0 Å². The summed E-state index contributed by atoms with van der Waals surface area (Å²) in [4.78, 5) is 28.5. The molecule has 3 heterocycles. The van der Waals surface area contributed by atoms with Gasteiger partial charge in [0.1, 0.15) is 11.9 Å². The van der Waals surface area contributed by atoms with E-state index in [1.54, 1.807) is 4.90 Å². The van der Waals surface area contributed by atoms with Crippen LogP contribution in [0.15, 0.2) is 24.3 Å². The van der Waals surface area contributed by atoms with Crippen LogP contribution in [0.2, 0.25) is 0 Å². The number of carbonyl (C=O) groups excluding carboxylic acids is 2. The van der Waals surface area contributed by atoms with E-state index in [-0.39, 0.29) is 30.0 Å². The lowest BCUT2D eigenvalue weighted by atomic mass is 9.82. The molecule has 2 fully saturated rings. The highest BCUT2D eigenvalue weighted by molar-refractivity contribution is 6.05. The van der Waals surface area contributed by atoms with Crippen molar-refractivity contribution in [3.8, 4) is 0 Å². The molecular weight excluding hydrogens is 501 g/mol. The van der Waals surface area contributed by atoms with Crippen molar-refractivity contribution < 1.29 is 32.6 Å². The van der Waals surface area contributed by atoms with Crippen molar-refractivity contribution in [3.63, 3.8) is 0 Å². The molecule has 0 bridgehead atoms. The van der Waals surface area contributed by atoms with Crippen molar-refractivity contribution in [2.75, 3.05) is 24.7 Å². The summed E-state index contributed by atoms with van der Waals surface area (Å²) >= 11 is 0. The van der Waals surface area contributed by atoms with Crippen LogP contribution in [0.5, 0.6) is 0 Å². The minimum Gasteiger partial charge on any atom is -0.390 e. The Bertz CT molecular complexity index is 1160. The highest BCUT2D eigenvalue weighted by Crippen LogP contribution is 2.52. The molecule has 1 saturated carbocycles. The molecular formula is C27H35F3N4O4. The monoisotopic (exact) mass is 536 g/mol. The number of hydrogen-bond acceptors (Lipinski definition) is 5. The number of nitrogens with zero attached hydrogens (tertiary/aromatic N) is 3. The number of aliphatic hydroxyl groups is 1. The Morgan fingerprint density at radius 1 is 1.18 bits per heavy atom. The number of nitrogens with one attached hydrogen (secondary N) is 1. The second kappa shape index (κ2) is 11.4. The number of alkyl halides is 3. The van der Waals surface area contributed by atoms with Crippen LogP contribution in [-0.2, 0) is 22.3 Å². The number of hydrogen-bond donors (Lipinski definition) is 2. The summed E-state index contributed by atoms with van der Waals surface area (Å²) in [6, 6.07) is 3.22. The molecule has 11 heteroatoms. The lowest BCUT2D eigenvalue weighted by Gasteiger charge is -2.39. The van der Waals surface area contributed by atoms with Gasteiger partial charge in [-0.2, -0.15) is 18.3 Å². The number of rotatable bonds is 6. The number of benzene rings is 1. The summed E-state index contributed by atoms with van der Waals surface area (Å²) in [6.07, 6.45) is -1.42. The van der Waals surface area contributed by atoms with E-state index in [9.17, 15) is 27.9 Å². The van der Waals surface area contributed by atoms with Crippen LogP contribution in [0.25, 0.3) is 0 Å². The Balaban J connectivity index is 0.00000164. The molecule has 2 atom stereocenters. The van der Waals surface area contributed by atoms with Gasteiger partial charge < -0.3 is 15.2 Å². The third kappa shape index (κ3) is 5.31. The van der Waals surface area contributed by atoms with Crippen molar-refractivity contribution in [1.29, 1.82) is 0 Å². The van der Waals surface area contributed by atoms with Gasteiger partial charge in [0, 0.05) is 36.8 Å². The van der Waals surface area contributed by atoms with Crippen molar-refractivity contribution in [2.24, 2.45) is 5.92 Å². The second-order valence-electron chi connectivity index (χ2n) is 9.61. The number of carbonyl (C=O) groups is 2. The van der Waals surface area contributed by atoms with Crippen LogP contribution in [-0.4, -0.2) is 52.5 Å². The van der Waals surface area contributed by atoms with Crippen molar-refractivity contribution in [2.45, 2.75) is 77.2 Å². The first kappa shape index (κ1) is 28.1. The van der Waals surface area contributed by atoms with Crippen LogP contribution in [0, 0.1) is 5.92 Å². The van der Waals surface area contributed by atoms with Crippen molar-refractivity contribution in [1.82, 2.24) is 15.1 Å². The van der Waals surface area contributed by atoms with E-state index in [0.717, 1.165) is 43.4 Å². The number of amides is 2. The largest absolute Gasteiger partial charge is 0.416 e. The normalized spacial score (nSPS) is 22.0. The third-order valence-electron chi connectivity index (χ3n) is 7.35. The topological polar surface area (TPSA) is 96.7 Å². The maximum Gasteiger partial charge on any atom is 0.416 e. The molecule has 2 aromatic rings. The maximum atomic E-state index is 13.8. The fourth-order valence-electron chi connectivity index (χ4n) is 5.47. The van der Waals surface area contributed by atoms with Crippen LogP contribution in [0.4, 0.5) is 19.0 Å². The van der Waals surface area contributed by atoms with Gasteiger partial charge in [-0.25, -0.2) is 4.68 Å². The van der Waals surface area contributed by atoms with E-state index in [1.807, 2.05) is 25.5 Å². The molecule has 8 nitrogen and oxygen atoms in total. The molecule has 208 valence electrons. The highest BCUT2D eigenvalue weighted by Gasteiger charge is 2.51. The lowest BCUT2D eigenvalue weighted by Crippen LogP contribution is -2.56. The SMILES string of the molecule is CC.CCN1C(=O)C(NC(=O)c2cccc(C(F)(F)F)c2)C(C2CC2)c2c(CO)nn(C3CCOCC3)c21. The minimum atomic E-state index is -4.59. The van der Waals surface area contributed by atoms with Crippen LogP contribution >= 0.6 is 0 Å². The maximum absolute atomic E-state index is 13.8. The predicted octanol–water partition coefficient (Wildman–Crippen LogP) is 4.43. The fraction of sp³-hybridized carbons (Fsp3) is 0.593. The van der Waals surface area contributed by atoms with E-state index in [2.05, 4.69) is 5.32 Å². The Morgan fingerprint density at radius 2 is 1.87 bits per heavy atom. The number of anilines is 1. The molecule has 38 heavy (non-hydrogen) atoms. The molecule has 0 spiro atoms. The number of ether oxygens (including phenoxy) is 1. The zero-order chi connectivity index (χ0) is 27.6. The number of fused-ring (bicyclic) bond motifs is 1. The molecule has 0 radical (unpaired) electrons. The smallest absolute Gasteiger partial charge is 0.390 e. The molecule has 2 unspecified atom stereocenters. The van der Waals surface area contributed by atoms with Gasteiger partial charge in [-0.15, -0.1) is 0 Å². The van der Waals surface area contributed by atoms with Gasteiger partial charge in [0.25, 0.3) is 11.8 Å². The summed E-state index contributed by atoms with van der Waals surface area (Å²) in [5, 5.41) is 17.7. The summed E-state index contributed by atoms with van der Waals surface area (Å²) in [6.45, 7) is 6.98. The van der Waals surface area contributed by atoms with Crippen LogP contribution < -0.4 is 10.2 Å². The summed E-state index contributed by atoms with van der Waals surface area (Å²) < 4.78 is 46.9. The van der Waals surface area contributed by atoms with Gasteiger partial charge in [-0.1, -0.05) is 19.9 Å². The average molecular weight is 537 g/mol. The standard InChI is InChI=1S/C25H29F3N4O4.C2H6/c1-2-31-23-20(18(13-33)30-32(23)17-8-10-36-11-9-17)19(14-6-7-14)21(24(31)35)29-22(34)15-4-3-5-16(12-15)25(26,27)28;1-2/h3-5,12,14,17,19,21,33H,2,6-11,13H2,1H3,(H,29,34);1-2H3. The molecule has 2 amide bonds. The van der Waals surface area contributed by atoms with E-state index in [0.29, 0.717) is 31.3 Å². The quantitative estimate of drug-likeness (QED) is 0.570. The summed E-state index contributed by atoms with van der Waals surface area (Å²) in [5.41, 5.74) is 0.128. The van der Waals surface area contributed by atoms with Gasteiger partial charge in [-0.05, 0) is 56.7 Å². The first-order valence-electron chi connectivity index (χ1n) is 13.3. The van der Waals surface area contributed by atoms with E-state index in [1.165, 1.54) is 12.1 Å². The van der Waals surface area contributed by atoms with E-state index >= 15 is 0 Å². The number of halogens is 3. The van der Waals surface area contributed by atoms with Gasteiger partial charge in [0.2, 0.25) is 0 Å². The Kier molecular flexibility index (Phi) is 8.46. The molecule has 2 aliphatic heterocycles. The molecule has 5 rings (SSSR count). The second-order valence-corrected chi connectivity index (χ2v) is 9.61. The van der Waals surface area contributed by atoms with Crippen molar-refractivity contribution >= 4 is 17.6 Å². The Hall–Kier alpha value is -2.92. The predicted molar refractivity (Wildman–Crippen MR) is 135 cm³/mol. The van der Waals surface area contributed by atoms with Gasteiger partial charge in [0.15, 0.2) is 0 Å². The molecule has 1 saturated heterocycles. The van der Waals surface area contributed by atoms with Gasteiger partial charge in [-0.3, -0.25) is 14.5 Å². The minimum absolute atomic E-state index is 0.0192. The van der Waals surface area contributed by atoms with E-state index in [4.69, 9.17) is 9.84 Å². The summed E-state index contributed by atoms with van der Waals surface area (Å²) in [7, 11) is 0. The number of aromatic nitrogens is 2. The van der Waals surface area contributed by atoms with Crippen molar-refractivity contribution in [3.05, 3.63) is 46.6 Å². The molecule has 1 aromatic carbocycles.